The highest BCUT2D eigenvalue weighted by Gasteiger charge is 2.36. The normalized spacial score (nSPS) is 15.1. The third-order valence-electron chi connectivity index (χ3n) is 2.47. The van der Waals surface area contributed by atoms with Crippen molar-refractivity contribution >= 4 is 12.1 Å². The zero-order valence-corrected chi connectivity index (χ0v) is 12.2. The van der Waals surface area contributed by atoms with E-state index in [9.17, 15) is 14.7 Å². The van der Waals surface area contributed by atoms with Crippen LogP contribution < -0.4 is 5.32 Å². The monoisotopic (exact) mass is 259 g/mol. The van der Waals surface area contributed by atoms with E-state index in [-0.39, 0.29) is 0 Å². The molecule has 106 valence electrons. The van der Waals surface area contributed by atoms with Gasteiger partial charge in [-0.2, -0.15) is 0 Å². The first-order valence-electron chi connectivity index (χ1n) is 6.21. The van der Waals surface area contributed by atoms with Crippen LogP contribution >= 0.6 is 0 Å². The van der Waals surface area contributed by atoms with Crippen molar-refractivity contribution in [1.82, 2.24) is 5.32 Å². The Labute approximate surface area is 109 Å². The van der Waals surface area contributed by atoms with E-state index in [1.165, 1.54) is 6.92 Å². The van der Waals surface area contributed by atoms with Gasteiger partial charge in [0, 0.05) is 0 Å². The Morgan fingerprint density at radius 2 is 1.72 bits per heavy atom. The predicted molar refractivity (Wildman–Crippen MR) is 69.5 cm³/mol. The first-order chi connectivity index (χ1) is 7.96. The van der Waals surface area contributed by atoms with Gasteiger partial charge in [-0.05, 0) is 46.5 Å². The summed E-state index contributed by atoms with van der Waals surface area (Å²) in [5, 5.41) is 11.7. The lowest BCUT2D eigenvalue weighted by Crippen LogP contribution is -2.53. The highest BCUT2D eigenvalue weighted by molar-refractivity contribution is 5.83. The zero-order chi connectivity index (χ0) is 14.6. The summed E-state index contributed by atoms with van der Waals surface area (Å²) in [5.74, 6) is -0.668. The number of carbonyl (C=O) groups is 2. The van der Waals surface area contributed by atoms with Gasteiger partial charge in [-0.1, -0.05) is 13.8 Å². The molecule has 1 amide bonds. The van der Waals surface area contributed by atoms with Crippen molar-refractivity contribution < 1.29 is 19.4 Å². The highest BCUT2D eigenvalue weighted by atomic mass is 16.6. The largest absolute Gasteiger partial charge is 0.480 e. The molecule has 18 heavy (non-hydrogen) atoms. The Morgan fingerprint density at radius 3 is 2.06 bits per heavy atom. The molecule has 0 bridgehead atoms. The second-order valence-electron chi connectivity index (χ2n) is 6.20. The van der Waals surface area contributed by atoms with Crippen LogP contribution in [0.3, 0.4) is 0 Å². The Morgan fingerprint density at radius 1 is 1.22 bits per heavy atom. The first-order valence-corrected chi connectivity index (χ1v) is 6.21. The number of rotatable bonds is 5. The lowest BCUT2D eigenvalue weighted by Gasteiger charge is -2.29. The number of aliphatic carboxylic acids is 1. The van der Waals surface area contributed by atoms with Crippen LogP contribution in [0.4, 0.5) is 4.79 Å². The zero-order valence-electron chi connectivity index (χ0n) is 12.2. The molecule has 0 spiro atoms. The fourth-order valence-corrected chi connectivity index (χ4v) is 1.33. The van der Waals surface area contributed by atoms with Gasteiger partial charge in [-0.15, -0.1) is 0 Å². The molecule has 5 heteroatoms. The number of carboxylic acid groups (broad SMARTS) is 1. The second kappa shape index (κ2) is 6.07. The van der Waals surface area contributed by atoms with Crippen molar-refractivity contribution in [2.75, 3.05) is 0 Å². The summed E-state index contributed by atoms with van der Waals surface area (Å²) >= 11 is 0. The standard InChI is InChI=1S/C13H25NO4/c1-9(2)7-8-13(6,10(15)16)14-11(17)18-12(3,4)5/h9H,7-8H2,1-6H3,(H,14,17)(H,15,16)/t13-/m0/s1. The van der Waals surface area contributed by atoms with Crippen molar-refractivity contribution in [3.8, 4) is 0 Å². The van der Waals surface area contributed by atoms with Gasteiger partial charge in [-0.3, -0.25) is 0 Å². The van der Waals surface area contributed by atoms with Crippen LogP contribution in [0.1, 0.15) is 54.4 Å². The molecule has 0 radical (unpaired) electrons. The molecule has 0 aliphatic rings. The maximum atomic E-state index is 11.6. The minimum atomic E-state index is -1.29. The fraction of sp³-hybridized carbons (Fsp3) is 0.846. The molecule has 0 heterocycles. The molecule has 0 unspecified atom stereocenters. The van der Waals surface area contributed by atoms with Crippen molar-refractivity contribution in [2.45, 2.75) is 65.5 Å². The maximum Gasteiger partial charge on any atom is 0.408 e. The third-order valence-corrected chi connectivity index (χ3v) is 2.47. The van der Waals surface area contributed by atoms with Gasteiger partial charge >= 0.3 is 12.1 Å². The van der Waals surface area contributed by atoms with Crippen LogP contribution in [0.2, 0.25) is 0 Å². The summed E-state index contributed by atoms with van der Waals surface area (Å²) in [7, 11) is 0. The molecule has 0 saturated heterocycles. The molecular weight excluding hydrogens is 234 g/mol. The minimum Gasteiger partial charge on any atom is -0.480 e. The molecule has 0 saturated carbocycles. The number of nitrogens with one attached hydrogen (secondary N) is 1. The molecule has 2 N–H and O–H groups in total. The molecule has 0 aromatic heterocycles. The number of alkyl carbamates (subject to hydrolysis) is 1. The lowest BCUT2D eigenvalue weighted by atomic mass is 9.92. The smallest absolute Gasteiger partial charge is 0.408 e. The van der Waals surface area contributed by atoms with E-state index in [2.05, 4.69) is 5.32 Å². The van der Waals surface area contributed by atoms with Crippen molar-refractivity contribution in [2.24, 2.45) is 5.92 Å². The SMILES string of the molecule is CC(C)CC[C@](C)(NC(=O)OC(C)(C)C)C(=O)O. The van der Waals surface area contributed by atoms with E-state index in [1.54, 1.807) is 20.8 Å². The Balaban J connectivity index is 4.61. The fourth-order valence-electron chi connectivity index (χ4n) is 1.33. The maximum absolute atomic E-state index is 11.6. The summed E-state index contributed by atoms with van der Waals surface area (Å²) in [4.78, 5) is 22.9. The van der Waals surface area contributed by atoms with Crippen LogP contribution in [-0.2, 0) is 9.53 Å². The van der Waals surface area contributed by atoms with Crippen LogP contribution in [-0.4, -0.2) is 28.3 Å². The van der Waals surface area contributed by atoms with Crippen molar-refractivity contribution in [3.63, 3.8) is 0 Å². The Kier molecular flexibility index (Phi) is 5.64. The summed E-state index contributed by atoms with van der Waals surface area (Å²) in [6.07, 6.45) is 0.397. The van der Waals surface area contributed by atoms with Crippen molar-refractivity contribution in [3.05, 3.63) is 0 Å². The number of ether oxygens (including phenoxy) is 1. The average molecular weight is 259 g/mol. The third kappa shape index (κ3) is 6.47. The molecule has 0 aromatic rings. The molecule has 0 fully saturated rings. The van der Waals surface area contributed by atoms with Crippen LogP contribution in [0.5, 0.6) is 0 Å². The van der Waals surface area contributed by atoms with Crippen LogP contribution in [0.15, 0.2) is 0 Å². The molecular formula is C13H25NO4. The van der Waals surface area contributed by atoms with E-state index in [4.69, 9.17) is 4.74 Å². The highest BCUT2D eigenvalue weighted by Crippen LogP contribution is 2.18. The topological polar surface area (TPSA) is 75.6 Å². The van der Waals surface area contributed by atoms with Gasteiger partial charge < -0.3 is 15.2 Å². The summed E-state index contributed by atoms with van der Waals surface area (Å²) in [6, 6.07) is 0. The van der Waals surface area contributed by atoms with Gasteiger partial charge in [0.15, 0.2) is 0 Å². The molecule has 0 aliphatic heterocycles. The van der Waals surface area contributed by atoms with E-state index < -0.39 is 23.2 Å². The number of carbonyl (C=O) groups excluding carboxylic acids is 1. The molecule has 0 aromatic carbocycles. The van der Waals surface area contributed by atoms with Gasteiger partial charge in [0.05, 0.1) is 0 Å². The van der Waals surface area contributed by atoms with Gasteiger partial charge in [0.25, 0.3) is 0 Å². The number of carboxylic acids is 1. The Hall–Kier alpha value is -1.26. The van der Waals surface area contributed by atoms with Gasteiger partial charge in [-0.25, -0.2) is 9.59 Å². The predicted octanol–water partition coefficient (Wildman–Crippen LogP) is 2.79. The minimum absolute atomic E-state index is 0.374. The molecule has 0 rings (SSSR count). The van der Waals surface area contributed by atoms with E-state index in [0.29, 0.717) is 12.3 Å². The number of amides is 1. The van der Waals surface area contributed by atoms with Gasteiger partial charge in [0.2, 0.25) is 0 Å². The van der Waals surface area contributed by atoms with Crippen LogP contribution in [0.25, 0.3) is 0 Å². The first kappa shape index (κ1) is 16.7. The summed E-state index contributed by atoms with van der Waals surface area (Å²) < 4.78 is 5.08. The van der Waals surface area contributed by atoms with Crippen molar-refractivity contribution in [1.29, 1.82) is 0 Å². The van der Waals surface area contributed by atoms with E-state index >= 15 is 0 Å². The molecule has 1 atom stereocenters. The second-order valence-corrected chi connectivity index (χ2v) is 6.20. The average Bonchev–Trinajstić information content (AvgIpc) is 2.11. The quantitative estimate of drug-likeness (QED) is 0.796. The molecule has 5 nitrogen and oxygen atoms in total. The van der Waals surface area contributed by atoms with E-state index in [1.807, 2.05) is 13.8 Å². The number of hydrogen-bond donors (Lipinski definition) is 2. The lowest BCUT2D eigenvalue weighted by molar-refractivity contribution is -0.144. The Bertz CT molecular complexity index is 307. The van der Waals surface area contributed by atoms with Crippen LogP contribution in [0, 0.1) is 5.92 Å². The summed E-state index contributed by atoms with van der Waals surface area (Å²) in [5.41, 5.74) is -1.92. The van der Waals surface area contributed by atoms with E-state index in [0.717, 1.165) is 6.42 Å². The molecule has 0 aliphatic carbocycles. The summed E-state index contributed by atoms with van der Waals surface area (Å²) in [6.45, 7) is 10.7. The van der Waals surface area contributed by atoms with Gasteiger partial charge in [0.1, 0.15) is 11.1 Å². The number of hydrogen-bond acceptors (Lipinski definition) is 3.